The van der Waals surface area contributed by atoms with Crippen LogP contribution < -0.4 is 9.80 Å². The van der Waals surface area contributed by atoms with Gasteiger partial charge in [-0.2, -0.15) is 0 Å². The van der Waals surface area contributed by atoms with Crippen LogP contribution >= 0.6 is 0 Å². The summed E-state index contributed by atoms with van der Waals surface area (Å²) in [6, 6.07) is 2.57. The molecule has 118 valence electrons. The molecule has 0 N–H and O–H groups in total. The van der Waals surface area contributed by atoms with Crippen LogP contribution in [0.5, 0.6) is 0 Å². The van der Waals surface area contributed by atoms with Crippen molar-refractivity contribution in [3.05, 3.63) is 17.8 Å². The van der Waals surface area contributed by atoms with E-state index in [4.69, 9.17) is 4.98 Å². The highest BCUT2D eigenvalue weighted by molar-refractivity contribution is 6.04. The molecule has 1 aliphatic carbocycles. The predicted octanol–water partition coefficient (Wildman–Crippen LogP) is 1.83. The van der Waals surface area contributed by atoms with E-state index < -0.39 is 0 Å². The zero-order valence-electron chi connectivity index (χ0n) is 13.6. The summed E-state index contributed by atoms with van der Waals surface area (Å²) >= 11 is 0. The molecule has 0 spiro atoms. The Kier molecular flexibility index (Phi) is 3.15. The van der Waals surface area contributed by atoms with Gasteiger partial charge in [0, 0.05) is 38.9 Å². The molecule has 4 rings (SSSR count). The van der Waals surface area contributed by atoms with Gasteiger partial charge in [0.25, 0.3) is 5.91 Å². The first kappa shape index (κ1) is 14.0. The van der Waals surface area contributed by atoms with Gasteiger partial charge in [-0.15, -0.1) is 0 Å². The number of aromatic nitrogens is 1. The van der Waals surface area contributed by atoms with Gasteiger partial charge in [0.15, 0.2) is 5.82 Å². The van der Waals surface area contributed by atoms with Crippen molar-refractivity contribution >= 4 is 17.4 Å². The molecule has 3 heterocycles. The fourth-order valence-electron chi connectivity index (χ4n) is 3.65. The topological polar surface area (TPSA) is 39.7 Å². The molecular weight excluding hydrogens is 276 g/mol. The Hall–Kier alpha value is -1.62. The number of hydrogen-bond acceptors (Lipinski definition) is 4. The minimum absolute atomic E-state index is 0.0899. The second-order valence-electron chi connectivity index (χ2n) is 7.08. The van der Waals surface area contributed by atoms with Crippen molar-refractivity contribution < 1.29 is 4.79 Å². The maximum atomic E-state index is 12.8. The lowest BCUT2D eigenvalue weighted by Crippen LogP contribution is -2.63. The normalized spacial score (nSPS) is 25.5. The quantitative estimate of drug-likeness (QED) is 0.835. The highest BCUT2D eigenvalue weighted by Gasteiger charge is 2.41. The molecule has 1 saturated carbocycles. The molecule has 0 bridgehead atoms. The zero-order chi connectivity index (χ0) is 15.4. The van der Waals surface area contributed by atoms with E-state index in [9.17, 15) is 4.79 Å². The third kappa shape index (κ3) is 2.10. The minimum Gasteiger partial charge on any atom is -0.340 e. The summed E-state index contributed by atoms with van der Waals surface area (Å²) in [6.45, 7) is 7.07. The molecule has 2 aliphatic heterocycles. The summed E-state index contributed by atoms with van der Waals surface area (Å²) in [4.78, 5) is 24.0. The molecule has 1 atom stereocenters. The third-order valence-electron chi connectivity index (χ3n) is 5.31. The highest BCUT2D eigenvalue weighted by Crippen LogP contribution is 2.43. The summed E-state index contributed by atoms with van der Waals surface area (Å²) in [5.74, 6) is 1.85. The van der Waals surface area contributed by atoms with E-state index in [0.29, 0.717) is 12.0 Å². The van der Waals surface area contributed by atoms with Crippen molar-refractivity contribution in [2.24, 2.45) is 0 Å². The van der Waals surface area contributed by atoms with Gasteiger partial charge in [0.05, 0.1) is 5.69 Å². The molecule has 5 heteroatoms. The van der Waals surface area contributed by atoms with Gasteiger partial charge in [-0.25, -0.2) is 4.98 Å². The van der Waals surface area contributed by atoms with E-state index in [1.807, 2.05) is 18.1 Å². The summed E-state index contributed by atoms with van der Waals surface area (Å²) in [6.07, 6.45) is 4.54. The largest absolute Gasteiger partial charge is 0.340 e. The van der Waals surface area contributed by atoms with Gasteiger partial charge >= 0.3 is 0 Å². The Morgan fingerprint density at radius 3 is 2.73 bits per heavy atom. The van der Waals surface area contributed by atoms with Crippen LogP contribution in [0.25, 0.3) is 0 Å². The van der Waals surface area contributed by atoms with Crippen LogP contribution in [0, 0.1) is 0 Å². The first-order valence-electron chi connectivity index (χ1n) is 8.34. The lowest BCUT2D eigenvalue weighted by molar-refractivity contribution is -0.121. The van der Waals surface area contributed by atoms with Gasteiger partial charge in [0.1, 0.15) is 6.04 Å². The van der Waals surface area contributed by atoms with Gasteiger partial charge in [0.2, 0.25) is 0 Å². The van der Waals surface area contributed by atoms with Crippen molar-refractivity contribution in [3.63, 3.8) is 0 Å². The van der Waals surface area contributed by atoms with Crippen LogP contribution in [0.1, 0.15) is 38.2 Å². The maximum absolute atomic E-state index is 12.8. The summed E-state index contributed by atoms with van der Waals surface area (Å²) in [5.41, 5.74) is 2.28. The lowest BCUT2D eigenvalue weighted by Gasteiger charge is -2.47. The smallest absolute Gasteiger partial charge is 0.250 e. The van der Waals surface area contributed by atoms with Crippen LogP contribution in [0.3, 0.4) is 0 Å². The van der Waals surface area contributed by atoms with Gasteiger partial charge < -0.3 is 9.80 Å². The number of nitrogens with zero attached hydrogens (tertiary/aromatic N) is 4. The second-order valence-corrected chi connectivity index (χ2v) is 7.08. The molecule has 1 amide bonds. The van der Waals surface area contributed by atoms with Crippen LogP contribution in [-0.2, 0) is 4.79 Å². The van der Waals surface area contributed by atoms with E-state index in [2.05, 4.69) is 29.7 Å². The first-order chi connectivity index (χ1) is 10.6. The van der Waals surface area contributed by atoms with Crippen LogP contribution in [0.15, 0.2) is 12.3 Å². The first-order valence-corrected chi connectivity index (χ1v) is 8.34. The van der Waals surface area contributed by atoms with Crippen molar-refractivity contribution in [1.82, 2.24) is 9.88 Å². The Morgan fingerprint density at radius 2 is 2.05 bits per heavy atom. The van der Waals surface area contributed by atoms with Crippen LogP contribution in [0.2, 0.25) is 0 Å². The fraction of sp³-hybridized carbons (Fsp3) is 0.647. The molecule has 0 aromatic carbocycles. The Morgan fingerprint density at radius 1 is 1.27 bits per heavy atom. The number of carbonyl (C=O) groups excluding carboxylic acids is 1. The molecule has 0 unspecified atom stereocenters. The van der Waals surface area contributed by atoms with Crippen molar-refractivity contribution in [2.45, 2.75) is 44.7 Å². The lowest BCUT2D eigenvalue weighted by atomic mass is 10.0. The van der Waals surface area contributed by atoms with Gasteiger partial charge in [-0.1, -0.05) is 0 Å². The number of hydrogen-bond donors (Lipinski definition) is 0. The summed E-state index contributed by atoms with van der Waals surface area (Å²) in [5, 5.41) is 0. The number of carbonyl (C=O) groups is 1. The molecule has 1 saturated heterocycles. The van der Waals surface area contributed by atoms with Crippen molar-refractivity contribution in [2.75, 3.05) is 36.5 Å². The van der Waals surface area contributed by atoms with E-state index in [1.165, 1.54) is 18.4 Å². The number of likely N-dealkylation sites (N-methyl/N-ethyl adjacent to an activating group) is 1. The molecule has 2 fully saturated rings. The van der Waals surface area contributed by atoms with Gasteiger partial charge in [-0.05, 0) is 44.2 Å². The zero-order valence-corrected chi connectivity index (χ0v) is 13.6. The standard InChI is InChI=1S/C17H24N4O/c1-11(2)20-6-7-21-15(10-20)17(22)19(3)14-8-13(12-4-5-12)9-18-16(14)21/h8-9,11-12,15H,4-7,10H2,1-3H3/t15-/m0/s1. The monoisotopic (exact) mass is 300 g/mol. The predicted molar refractivity (Wildman–Crippen MR) is 87.5 cm³/mol. The molecule has 22 heavy (non-hydrogen) atoms. The Bertz CT molecular complexity index is 611. The molecule has 1 aromatic rings. The number of fused-ring (bicyclic) bond motifs is 3. The number of anilines is 2. The number of rotatable bonds is 2. The SMILES string of the molecule is CC(C)N1CCN2c3ncc(C4CC4)cc3N(C)C(=O)[C@@H]2C1. The van der Waals surface area contributed by atoms with Crippen molar-refractivity contribution in [3.8, 4) is 0 Å². The number of amides is 1. The summed E-state index contributed by atoms with van der Waals surface area (Å²) < 4.78 is 0. The summed E-state index contributed by atoms with van der Waals surface area (Å²) in [7, 11) is 1.89. The van der Waals surface area contributed by atoms with Crippen molar-refractivity contribution in [1.29, 1.82) is 0 Å². The number of pyridine rings is 1. The Labute approximate surface area is 131 Å². The highest BCUT2D eigenvalue weighted by atomic mass is 16.2. The molecule has 0 radical (unpaired) electrons. The maximum Gasteiger partial charge on any atom is 0.250 e. The van der Waals surface area contributed by atoms with Crippen LogP contribution in [0.4, 0.5) is 11.5 Å². The van der Waals surface area contributed by atoms with E-state index in [1.54, 1.807) is 0 Å². The molecule has 5 nitrogen and oxygen atoms in total. The molecule has 3 aliphatic rings. The Balaban J connectivity index is 1.69. The minimum atomic E-state index is -0.0899. The average molecular weight is 300 g/mol. The van der Waals surface area contributed by atoms with Gasteiger partial charge in [-0.3, -0.25) is 9.69 Å². The third-order valence-corrected chi connectivity index (χ3v) is 5.31. The second kappa shape index (κ2) is 4.95. The van der Waals surface area contributed by atoms with E-state index >= 15 is 0 Å². The van der Waals surface area contributed by atoms with Crippen LogP contribution in [-0.4, -0.2) is 54.6 Å². The average Bonchev–Trinajstić information content (AvgIpc) is 3.36. The van der Waals surface area contributed by atoms with E-state index in [0.717, 1.165) is 31.1 Å². The van der Waals surface area contributed by atoms with E-state index in [-0.39, 0.29) is 11.9 Å². The molecule has 1 aromatic heterocycles. The number of piperazine rings is 1. The molecular formula is C17H24N4O. The fourth-order valence-corrected chi connectivity index (χ4v) is 3.65.